The molecule has 1 aromatic carbocycles. The molecule has 0 saturated carbocycles. The number of ether oxygens (including phenoxy) is 1. The van der Waals surface area contributed by atoms with Gasteiger partial charge in [0.15, 0.2) is 0 Å². The maximum Gasteiger partial charge on any atom is 0.328 e. The third kappa shape index (κ3) is 3.84. The zero-order chi connectivity index (χ0) is 14.5. The van der Waals surface area contributed by atoms with Crippen molar-refractivity contribution in [1.29, 1.82) is 0 Å². The first-order valence-electron chi connectivity index (χ1n) is 6.58. The molecule has 0 aliphatic carbocycles. The van der Waals surface area contributed by atoms with E-state index in [0.29, 0.717) is 6.10 Å². The van der Waals surface area contributed by atoms with E-state index in [1.165, 1.54) is 0 Å². The molecule has 108 valence electrons. The lowest BCUT2D eigenvalue weighted by atomic mass is 10.1. The number of methoxy groups -OCH3 is 1. The van der Waals surface area contributed by atoms with E-state index >= 15 is 0 Å². The smallest absolute Gasteiger partial charge is 0.328 e. The van der Waals surface area contributed by atoms with Gasteiger partial charge in [0.05, 0.1) is 11.8 Å². The first kappa shape index (κ1) is 15.1. The summed E-state index contributed by atoms with van der Waals surface area (Å²) in [7, 11) is 1.76. The van der Waals surface area contributed by atoms with Crippen LogP contribution in [0.25, 0.3) is 6.08 Å². The molecule has 1 saturated heterocycles. The van der Waals surface area contributed by atoms with Crippen LogP contribution < -0.4 is 4.90 Å². The maximum atomic E-state index is 10.5. The fourth-order valence-corrected chi connectivity index (χ4v) is 3.03. The largest absolute Gasteiger partial charge is 0.478 e. The Morgan fingerprint density at radius 2 is 2.15 bits per heavy atom. The summed E-state index contributed by atoms with van der Waals surface area (Å²) >= 11 is 3.57. The van der Waals surface area contributed by atoms with E-state index in [4.69, 9.17) is 9.84 Å². The number of nitrogens with zero attached hydrogens (tertiary/aromatic N) is 1. The number of rotatable bonds is 4. The number of piperidine rings is 1. The number of benzene rings is 1. The van der Waals surface area contributed by atoms with E-state index in [2.05, 4.69) is 20.8 Å². The van der Waals surface area contributed by atoms with E-state index in [1.54, 1.807) is 13.2 Å². The quantitative estimate of drug-likeness (QED) is 0.856. The van der Waals surface area contributed by atoms with E-state index in [0.717, 1.165) is 47.7 Å². The Morgan fingerprint density at radius 1 is 1.45 bits per heavy atom. The number of aliphatic carboxylic acids is 1. The van der Waals surface area contributed by atoms with E-state index < -0.39 is 5.97 Å². The molecule has 2 rings (SSSR count). The van der Waals surface area contributed by atoms with Crippen molar-refractivity contribution in [2.24, 2.45) is 0 Å². The highest BCUT2D eigenvalue weighted by atomic mass is 79.9. The van der Waals surface area contributed by atoms with Crippen molar-refractivity contribution in [2.45, 2.75) is 18.9 Å². The molecule has 4 nitrogen and oxygen atoms in total. The molecule has 1 heterocycles. The summed E-state index contributed by atoms with van der Waals surface area (Å²) in [6.45, 7) is 1.95. The molecule has 1 N–H and O–H groups in total. The molecule has 1 aliphatic rings. The van der Waals surface area contributed by atoms with Gasteiger partial charge in [-0.1, -0.05) is 6.07 Å². The number of hydrogen-bond acceptors (Lipinski definition) is 3. The minimum Gasteiger partial charge on any atom is -0.478 e. The van der Waals surface area contributed by atoms with Gasteiger partial charge >= 0.3 is 5.97 Å². The highest BCUT2D eigenvalue weighted by Gasteiger charge is 2.20. The molecular formula is C15H18BrNO3. The zero-order valence-corrected chi connectivity index (χ0v) is 13.0. The summed E-state index contributed by atoms with van der Waals surface area (Å²) in [5.74, 6) is -0.938. The molecule has 0 spiro atoms. The third-order valence-corrected chi connectivity index (χ3v) is 4.14. The third-order valence-electron chi connectivity index (χ3n) is 3.51. The van der Waals surface area contributed by atoms with E-state index in [-0.39, 0.29) is 0 Å². The minimum atomic E-state index is -0.938. The maximum absolute atomic E-state index is 10.5. The molecular weight excluding hydrogens is 322 g/mol. The van der Waals surface area contributed by atoms with Crippen LogP contribution in [0.2, 0.25) is 0 Å². The lowest BCUT2D eigenvalue weighted by molar-refractivity contribution is -0.131. The van der Waals surface area contributed by atoms with Crippen LogP contribution in [0.4, 0.5) is 5.69 Å². The van der Waals surface area contributed by atoms with Gasteiger partial charge in [-0.3, -0.25) is 0 Å². The van der Waals surface area contributed by atoms with Crippen LogP contribution in [0.5, 0.6) is 0 Å². The lowest BCUT2D eigenvalue weighted by Crippen LogP contribution is -2.36. The molecule has 1 fully saturated rings. The Bertz CT molecular complexity index is 508. The van der Waals surface area contributed by atoms with Crippen LogP contribution in [-0.2, 0) is 9.53 Å². The Morgan fingerprint density at radius 3 is 2.70 bits per heavy atom. The van der Waals surface area contributed by atoms with Crippen molar-refractivity contribution in [2.75, 3.05) is 25.1 Å². The molecule has 5 heteroatoms. The molecule has 20 heavy (non-hydrogen) atoms. The second-order valence-corrected chi connectivity index (χ2v) is 5.66. The molecule has 0 aromatic heterocycles. The molecule has 0 amide bonds. The van der Waals surface area contributed by atoms with Crippen LogP contribution in [0.3, 0.4) is 0 Å². The number of halogens is 1. The van der Waals surface area contributed by atoms with Crippen molar-refractivity contribution >= 4 is 33.7 Å². The van der Waals surface area contributed by atoms with Gasteiger partial charge in [0.25, 0.3) is 0 Å². The molecule has 1 aromatic rings. The summed E-state index contributed by atoms with van der Waals surface area (Å²) < 4.78 is 6.36. The van der Waals surface area contributed by atoms with Crippen molar-refractivity contribution < 1.29 is 14.6 Å². The number of carbonyl (C=O) groups is 1. The first-order chi connectivity index (χ1) is 9.60. The van der Waals surface area contributed by atoms with Crippen molar-refractivity contribution in [1.82, 2.24) is 0 Å². The average Bonchev–Trinajstić information content (AvgIpc) is 2.45. The van der Waals surface area contributed by atoms with Crippen molar-refractivity contribution in [3.63, 3.8) is 0 Å². The van der Waals surface area contributed by atoms with Crippen LogP contribution >= 0.6 is 15.9 Å². The molecule has 0 unspecified atom stereocenters. The number of hydrogen-bond donors (Lipinski definition) is 1. The normalized spacial score (nSPS) is 16.8. The molecule has 0 atom stereocenters. The van der Waals surface area contributed by atoms with Gasteiger partial charge < -0.3 is 14.7 Å². The highest BCUT2D eigenvalue weighted by Crippen LogP contribution is 2.30. The van der Waals surface area contributed by atoms with Gasteiger partial charge in [-0.05, 0) is 52.5 Å². The van der Waals surface area contributed by atoms with E-state index in [1.807, 2.05) is 18.2 Å². The Balaban J connectivity index is 2.08. The zero-order valence-electron chi connectivity index (χ0n) is 11.4. The molecule has 0 bridgehead atoms. The molecule has 1 aliphatic heterocycles. The first-order valence-corrected chi connectivity index (χ1v) is 7.37. The summed E-state index contributed by atoms with van der Waals surface area (Å²) in [4.78, 5) is 12.8. The van der Waals surface area contributed by atoms with Gasteiger partial charge in [0.1, 0.15) is 0 Å². The number of carboxylic acid groups (broad SMARTS) is 1. The van der Waals surface area contributed by atoms with Gasteiger partial charge in [0.2, 0.25) is 0 Å². The number of anilines is 1. The lowest BCUT2D eigenvalue weighted by Gasteiger charge is -2.33. The summed E-state index contributed by atoms with van der Waals surface area (Å²) in [6.07, 6.45) is 5.16. The fraction of sp³-hybridized carbons (Fsp3) is 0.400. The second kappa shape index (κ2) is 6.90. The Hall–Kier alpha value is -1.33. The SMILES string of the molecule is COC1CCN(c2ccc(/C=C/C(=O)O)cc2Br)CC1. The van der Waals surface area contributed by atoms with Gasteiger partial charge in [0, 0.05) is 30.7 Å². The summed E-state index contributed by atoms with van der Waals surface area (Å²) in [6, 6.07) is 5.90. The van der Waals surface area contributed by atoms with Crippen LogP contribution in [0.1, 0.15) is 18.4 Å². The van der Waals surface area contributed by atoms with Gasteiger partial charge in [-0.15, -0.1) is 0 Å². The van der Waals surface area contributed by atoms with Crippen LogP contribution in [0, 0.1) is 0 Å². The Labute approximate surface area is 127 Å². The predicted molar refractivity (Wildman–Crippen MR) is 83.1 cm³/mol. The fourth-order valence-electron chi connectivity index (χ4n) is 2.38. The molecule has 0 radical (unpaired) electrons. The number of carboxylic acids is 1. The second-order valence-electron chi connectivity index (χ2n) is 4.80. The van der Waals surface area contributed by atoms with Crippen LogP contribution in [0.15, 0.2) is 28.7 Å². The standard InChI is InChI=1S/C15H18BrNO3/c1-20-12-6-8-17(9-7-12)14-4-2-11(10-13(14)16)3-5-15(18)19/h2-5,10,12H,6-9H2,1H3,(H,18,19)/b5-3+. The van der Waals surface area contributed by atoms with Crippen molar-refractivity contribution in [3.05, 3.63) is 34.3 Å². The van der Waals surface area contributed by atoms with E-state index in [9.17, 15) is 4.79 Å². The summed E-state index contributed by atoms with van der Waals surface area (Å²) in [5.41, 5.74) is 2.02. The topological polar surface area (TPSA) is 49.8 Å². The predicted octanol–water partition coefficient (Wildman–Crippen LogP) is 3.16. The highest BCUT2D eigenvalue weighted by molar-refractivity contribution is 9.10. The van der Waals surface area contributed by atoms with Crippen LogP contribution in [-0.4, -0.2) is 37.4 Å². The van der Waals surface area contributed by atoms with Gasteiger partial charge in [-0.2, -0.15) is 0 Å². The Kier molecular flexibility index (Phi) is 5.20. The minimum absolute atomic E-state index is 0.364. The average molecular weight is 340 g/mol. The van der Waals surface area contributed by atoms with Gasteiger partial charge in [-0.25, -0.2) is 4.79 Å². The van der Waals surface area contributed by atoms with Crippen molar-refractivity contribution in [3.8, 4) is 0 Å². The summed E-state index contributed by atoms with van der Waals surface area (Å²) in [5, 5.41) is 8.63. The monoisotopic (exact) mass is 339 g/mol.